The number of nitrogens with zero attached hydrogens (tertiary/aromatic N) is 3. The van der Waals surface area contributed by atoms with Gasteiger partial charge in [-0.25, -0.2) is 22.5 Å². The number of carbonyl (C=O) groups is 1. The summed E-state index contributed by atoms with van der Waals surface area (Å²) in [5.41, 5.74) is 8.48. The molecule has 0 unspecified atom stereocenters. The van der Waals surface area contributed by atoms with Crippen molar-refractivity contribution in [3.8, 4) is 0 Å². The average molecular weight is 428 g/mol. The highest BCUT2D eigenvalue weighted by atomic mass is 32.2. The van der Waals surface area contributed by atoms with Gasteiger partial charge in [-0.15, -0.1) is 0 Å². The van der Waals surface area contributed by atoms with Gasteiger partial charge < -0.3 is 11.1 Å². The predicted molar refractivity (Wildman–Crippen MR) is 116 cm³/mol. The van der Waals surface area contributed by atoms with Crippen LogP contribution in [0.1, 0.15) is 30.5 Å². The Hall–Kier alpha value is -3.07. The standard InChI is InChI=1S/C21H25N5O3S/c1-2-11-23-21(27)25-12-10-16-13-17(8-9-19(16)25)30(28,29)26-14-18(24-20(26)22)15-6-4-3-5-7-15/h3-9,13,18H,2,10-12,14H2,1H3,(H2,22,24)(H,23,27)/t18-/m1/s1. The Morgan fingerprint density at radius 2 is 2.00 bits per heavy atom. The molecule has 3 N–H and O–H groups in total. The van der Waals surface area contributed by atoms with E-state index in [9.17, 15) is 13.2 Å². The lowest BCUT2D eigenvalue weighted by molar-refractivity contribution is 0.247. The summed E-state index contributed by atoms with van der Waals surface area (Å²) in [6.07, 6.45) is 1.46. The fraction of sp³-hybridized carbons (Fsp3) is 0.333. The van der Waals surface area contributed by atoms with Crippen LogP contribution in [0.4, 0.5) is 10.5 Å². The van der Waals surface area contributed by atoms with E-state index in [0.717, 1.165) is 27.5 Å². The van der Waals surface area contributed by atoms with E-state index >= 15 is 0 Å². The van der Waals surface area contributed by atoms with Crippen LogP contribution in [0.3, 0.4) is 0 Å². The Morgan fingerprint density at radius 1 is 1.23 bits per heavy atom. The van der Waals surface area contributed by atoms with Crippen LogP contribution in [-0.2, 0) is 16.4 Å². The van der Waals surface area contributed by atoms with Crippen LogP contribution < -0.4 is 16.0 Å². The predicted octanol–water partition coefficient (Wildman–Crippen LogP) is 2.23. The van der Waals surface area contributed by atoms with Gasteiger partial charge in [0.15, 0.2) is 0 Å². The van der Waals surface area contributed by atoms with Gasteiger partial charge in [-0.1, -0.05) is 37.3 Å². The van der Waals surface area contributed by atoms with Gasteiger partial charge in [0.2, 0.25) is 5.96 Å². The molecule has 0 aliphatic carbocycles. The largest absolute Gasteiger partial charge is 0.369 e. The van der Waals surface area contributed by atoms with Gasteiger partial charge in [0.05, 0.1) is 17.5 Å². The molecule has 2 aromatic carbocycles. The fourth-order valence-corrected chi connectivity index (χ4v) is 5.21. The molecule has 2 aromatic rings. The number of aliphatic imine (C=N–C) groups is 1. The zero-order chi connectivity index (χ0) is 21.3. The third-order valence-electron chi connectivity index (χ3n) is 5.37. The second-order valence-corrected chi connectivity index (χ2v) is 9.24. The Morgan fingerprint density at radius 3 is 2.73 bits per heavy atom. The molecule has 1 atom stereocenters. The van der Waals surface area contributed by atoms with Crippen molar-refractivity contribution in [3.05, 3.63) is 59.7 Å². The second kappa shape index (κ2) is 7.98. The number of sulfonamides is 1. The zero-order valence-corrected chi connectivity index (χ0v) is 17.6. The fourth-order valence-electron chi connectivity index (χ4n) is 3.80. The van der Waals surface area contributed by atoms with Gasteiger partial charge in [0.1, 0.15) is 0 Å². The lowest BCUT2D eigenvalue weighted by Gasteiger charge is -2.20. The number of hydrogen-bond donors (Lipinski definition) is 2. The molecule has 0 spiro atoms. The van der Waals surface area contributed by atoms with Gasteiger partial charge in [-0.3, -0.25) is 4.90 Å². The van der Waals surface area contributed by atoms with Crippen molar-refractivity contribution < 1.29 is 13.2 Å². The summed E-state index contributed by atoms with van der Waals surface area (Å²) in [6, 6.07) is 13.9. The average Bonchev–Trinajstić information content (AvgIpc) is 3.36. The maximum absolute atomic E-state index is 13.3. The quantitative estimate of drug-likeness (QED) is 0.763. The number of hydrogen-bond acceptors (Lipinski definition) is 5. The monoisotopic (exact) mass is 427 g/mol. The minimum absolute atomic E-state index is 0.00933. The first-order valence-electron chi connectivity index (χ1n) is 10.0. The zero-order valence-electron chi connectivity index (χ0n) is 16.8. The highest BCUT2D eigenvalue weighted by Gasteiger charge is 2.35. The molecule has 2 aliphatic rings. The van der Waals surface area contributed by atoms with Crippen molar-refractivity contribution >= 4 is 27.7 Å². The van der Waals surface area contributed by atoms with Crippen LogP contribution in [0.5, 0.6) is 0 Å². The van der Waals surface area contributed by atoms with Crippen LogP contribution >= 0.6 is 0 Å². The van der Waals surface area contributed by atoms with Crippen LogP contribution in [0.25, 0.3) is 0 Å². The summed E-state index contributed by atoms with van der Waals surface area (Å²) < 4.78 is 27.7. The molecule has 30 heavy (non-hydrogen) atoms. The number of nitrogens with two attached hydrogens (primary N) is 1. The number of urea groups is 1. The Labute approximate surface area is 176 Å². The number of anilines is 1. The lowest BCUT2D eigenvalue weighted by Crippen LogP contribution is -2.39. The van der Waals surface area contributed by atoms with Crippen molar-refractivity contribution in [2.45, 2.75) is 30.7 Å². The Bertz CT molecular complexity index is 1090. The number of benzene rings is 2. The summed E-state index contributed by atoms with van der Waals surface area (Å²) in [7, 11) is -3.84. The molecule has 0 fully saturated rings. The van der Waals surface area contributed by atoms with Gasteiger partial charge in [0, 0.05) is 18.8 Å². The number of amides is 2. The molecule has 4 rings (SSSR count). The third-order valence-corrected chi connectivity index (χ3v) is 7.14. The maximum Gasteiger partial charge on any atom is 0.321 e. The number of fused-ring (bicyclic) bond motifs is 1. The Kier molecular flexibility index (Phi) is 5.38. The first kappa shape index (κ1) is 20.2. The summed E-state index contributed by atoms with van der Waals surface area (Å²) in [6.45, 7) is 3.29. The number of carbonyl (C=O) groups excluding carboxylic acids is 1. The molecule has 0 aromatic heterocycles. The first-order chi connectivity index (χ1) is 14.4. The van der Waals surface area contributed by atoms with Crippen LogP contribution in [-0.4, -0.2) is 44.3 Å². The van der Waals surface area contributed by atoms with Crippen molar-refractivity contribution in [1.29, 1.82) is 0 Å². The molecule has 2 aliphatic heterocycles. The minimum atomic E-state index is -3.84. The Balaban J connectivity index is 1.56. The minimum Gasteiger partial charge on any atom is -0.369 e. The van der Waals surface area contributed by atoms with E-state index in [1.54, 1.807) is 17.0 Å². The highest BCUT2D eigenvalue weighted by Crippen LogP contribution is 2.33. The van der Waals surface area contributed by atoms with Gasteiger partial charge in [0.25, 0.3) is 10.0 Å². The molecule has 2 amide bonds. The second-order valence-electron chi connectivity index (χ2n) is 7.37. The van der Waals surface area contributed by atoms with E-state index in [4.69, 9.17) is 5.73 Å². The summed E-state index contributed by atoms with van der Waals surface area (Å²) >= 11 is 0. The van der Waals surface area contributed by atoms with E-state index in [1.165, 1.54) is 6.07 Å². The molecule has 0 saturated carbocycles. The molecule has 9 heteroatoms. The molecule has 8 nitrogen and oxygen atoms in total. The molecule has 2 heterocycles. The van der Waals surface area contributed by atoms with Crippen LogP contribution in [0, 0.1) is 0 Å². The maximum atomic E-state index is 13.3. The van der Waals surface area contributed by atoms with Crippen molar-refractivity contribution in [2.75, 3.05) is 24.5 Å². The van der Waals surface area contributed by atoms with Crippen molar-refractivity contribution in [1.82, 2.24) is 9.62 Å². The molecular formula is C21H25N5O3S. The van der Waals surface area contributed by atoms with Gasteiger partial charge in [-0.05, 0) is 42.2 Å². The van der Waals surface area contributed by atoms with Crippen molar-refractivity contribution in [3.63, 3.8) is 0 Å². The summed E-state index contributed by atoms with van der Waals surface area (Å²) in [5, 5.41) is 2.86. The van der Waals surface area contributed by atoms with E-state index in [1.807, 2.05) is 37.3 Å². The van der Waals surface area contributed by atoms with Crippen LogP contribution in [0.15, 0.2) is 58.4 Å². The summed E-state index contributed by atoms with van der Waals surface area (Å²) in [5.74, 6) is -0.00933. The van der Waals surface area contributed by atoms with Crippen LogP contribution in [0.2, 0.25) is 0 Å². The topological polar surface area (TPSA) is 108 Å². The molecule has 0 radical (unpaired) electrons. The van der Waals surface area contributed by atoms with E-state index in [0.29, 0.717) is 19.5 Å². The molecule has 0 bridgehead atoms. The number of nitrogens with one attached hydrogen (secondary N) is 1. The van der Waals surface area contributed by atoms with Crippen molar-refractivity contribution in [2.24, 2.45) is 10.7 Å². The van der Waals surface area contributed by atoms with Gasteiger partial charge in [-0.2, -0.15) is 0 Å². The van der Waals surface area contributed by atoms with E-state index in [-0.39, 0.29) is 29.5 Å². The smallest absolute Gasteiger partial charge is 0.321 e. The van der Waals surface area contributed by atoms with E-state index in [2.05, 4.69) is 10.3 Å². The molecular weight excluding hydrogens is 402 g/mol. The summed E-state index contributed by atoms with van der Waals surface area (Å²) in [4.78, 5) is 18.5. The normalized spacial score (nSPS) is 18.3. The lowest BCUT2D eigenvalue weighted by atomic mass is 10.1. The number of rotatable bonds is 5. The third kappa shape index (κ3) is 3.60. The highest BCUT2D eigenvalue weighted by molar-refractivity contribution is 7.89. The van der Waals surface area contributed by atoms with E-state index < -0.39 is 10.0 Å². The SMILES string of the molecule is CCCNC(=O)N1CCc2cc(S(=O)(=O)N3C[C@H](c4ccccc4)N=C3N)ccc21. The molecule has 158 valence electrons. The van der Waals surface area contributed by atoms with Gasteiger partial charge >= 0.3 is 6.03 Å². The number of guanidine groups is 1. The molecule has 0 saturated heterocycles. The first-order valence-corrected chi connectivity index (χ1v) is 11.4.